The Morgan fingerprint density at radius 2 is 2.32 bits per heavy atom. The Morgan fingerprint density at radius 1 is 1.47 bits per heavy atom. The summed E-state index contributed by atoms with van der Waals surface area (Å²) in [5.41, 5.74) is 1.71. The fraction of sp³-hybridized carbons (Fsp3) is 0.308. The topological polar surface area (TPSA) is 47.3 Å². The molecule has 0 aliphatic carbocycles. The third-order valence-corrected chi connectivity index (χ3v) is 3.23. The monoisotopic (exact) mass is 328 g/mol. The zero-order chi connectivity index (χ0) is 13.7. The molecule has 1 heterocycles. The summed E-state index contributed by atoms with van der Waals surface area (Å²) in [6, 6.07) is 4.73. The molecule has 4 nitrogen and oxygen atoms in total. The molecule has 0 aliphatic heterocycles. The smallest absolute Gasteiger partial charge is 0.171 e. The molecule has 0 bridgehead atoms. The van der Waals surface area contributed by atoms with Crippen LogP contribution in [0.4, 0.5) is 4.39 Å². The molecule has 0 fully saturated rings. The minimum absolute atomic E-state index is 0.303. The number of hydrogen-bond donors (Lipinski definition) is 1. The molecule has 0 saturated heterocycles. The van der Waals surface area contributed by atoms with Gasteiger partial charge in [0.2, 0.25) is 0 Å². The number of nitrogens with one attached hydrogen (secondary N) is 1. The third kappa shape index (κ3) is 3.62. The molecule has 1 aromatic heterocycles. The summed E-state index contributed by atoms with van der Waals surface area (Å²) < 4.78 is 23.8. The number of halogens is 2. The van der Waals surface area contributed by atoms with Gasteiger partial charge >= 0.3 is 0 Å². The molecule has 0 unspecified atom stereocenters. The van der Waals surface area contributed by atoms with E-state index in [0.717, 1.165) is 17.7 Å². The Balaban J connectivity index is 2.12. The molecule has 0 spiro atoms. The molecule has 102 valence electrons. The van der Waals surface area contributed by atoms with E-state index in [2.05, 4.69) is 26.4 Å². The highest BCUT2D eigenvalue weighted by atomic mass is 79.9. The molecular weight excluding hydrogens is 315 g/mol. The minimum atomic E-state index is -0.303. The van der Waals surface area contributed by atoms with Crippen molar-refractivity contribution in [1.29, 1.82) is 0 Å². The van der Waals surface area contributed by atoms with Gasteiger partial charge in [-0.1, -0.05) is 5.16 Å². The van der Waals surface area contributed by atoms with E-state index in [9.17, 15) is 4.39 Å². The number of benzene rings is 1. The van der Waals surface area contributed by atoms with Gasteiger partial charge in [0.1, 0.15) is 5.82 Å². The molecule has 6 heteroatoms. The minimum Gasteiger partial charge on any atom is -0.383 e. The maximum atomic E-state index is 13.2. The van der Waals surface area contributed by atoms with Crippen LogP contribution in [0.5, 0.6) is 0 Å². The fourth-order valence-electron chi connectivity index (χ4n) is 1.66. The average molecular weight is 329 g/mol. The molecule has 1 N–H and O–H groups in total. The van der Waals surface area contributed by atoms with Crippen LogP contribution in [-0.2, 0) is 11.3 Å². The van der Waals surface area contributed by atoms with E-state index in [1.54, 1.807) is 25.4 Å². The summed E-state index contributed by atoms with van der Waals surface area (Å²) in [5, 5.41) is 7.01. The largest absolute Gasteiger partial charge is 0.383 e. The fourth-order valence-corrected chi connectivity index (χ4v) is 2.04. The van der Waals surface area contributed by atoms with Crippen molar-refractivity contribution in [3.8, 4) is 11.3 Å². The number of methoxy groups -OCH3 is 1. The van der Waals surface area contributed by atoms with Gasteiger partial charge in [0.25, 0.3) is 0 Å². The van der Waals surface area contributed by atoms with E-state index in [0.29, 0.717) is 23.4 Å². The normalized spacial score (nSPS) is 10.9. The van der Waals surface area contributed by atoms with Crippen LogP contribution in [0, 0.1) is 5.82 Å². The number of hydrogen-bond acceptors (Lipinski definition) is 4. The molecular formula is C13H14BrFN2O2. The maximum absolute atomic E-state index is 13.2. The summed E-state index contributed by atoms with van der Waals surface area (Å²) in [6.07, 6.45) is 1.66. The predicted octanol–water partition coefficient (Wildman–Crippen LogP) is 2.98. The Hall–Kier alpha value is -1.24. The van der Waals surface area contributed by atoms with Gasteiger partial charge in [0.15, 0.2) is 5.76 Å². The highest BCUT2D eigenvalue weighted by molar-refractivity contribution is 9.10. The second kappa shape index (κ2) is 6.79. The summed E-state index contributed by atoms with van der Waals surface area (Å²) in [4.78, 5) is 0. The van der Waals surface area contributed by atoms with Gasteiger partial charge in [-0.15, -0.1) is 0 Å². The highest BCUT2D eigenvalue weighted by Crippen LogP contribution is 2.27. The van der Waals surface area contributed by atoms with Crippen molar-refractivity contribution >= 4 is 15.9 Å². The first-order valence-corrected chi connectivity index (χ1v) is 6.60. The van der Waals surface area contributed by atoms with Crippen LogP contribution in [-0.4, -0.2) is 25.4 Å². The molecule has 1 aromatic carbocycles. The number of aromatic nitrogens is 1. The average Bonchev–Trinajstić information content (AvgIpc) is 2.86. The molecule has 0 radical (unpaired) electrons. The summed E-state index contributed by atoms with van der Waals surface area (Å²) in [7, 11) is 1.66. The van der Waals surface area contributed by atoms with E-state index in [1.165, 1.54) is 6.07 Å². The van der Waals surface area contributed by atoms with Crippen LogP contribution < -0.4 is 5.32 Å². The third-order valence-electron chi connectivity index (χ3n) is 2.62. The van der Waals surface area contributed by atoms with Crippen molar-refractivity contribution in [2.75, 3.05) is 20.3 Å². The Labute approximate surface area is 119 Å². The van der Waals surface area contributed by atoms with Crippen LogP contribution in [0.15, 0.2) is 33.4 Å². The first kappa shape index (κ1) is 14.2. The van der Waals surface area contributed by atoms with Crippen LogP contribution in [0.1, 0.15) is 5.56 Å². The Morgan fingerprint density at radius 3 is 3.05 bits per heavy atom. The summed E-state index contributed by atoms with van der Waals surface area (Å²) >= 11 is 3.16. The van der Waals surface area contributed by atoms with Gasteiger partial charge in [0, 0.05) is 31.3 Å². The summed E-state index contributed by atoms with van der Waals surface area (Å²) in [5.74, 6) is 0.341. The van der Waals surface area contributed by atoms with Crippen LogP contribution in [0.3, 0.4) is 0 Å². The first-order chi connectivity index (χ1) is 9.22. The standard InChI is InChI=1S/C13H14BrFN2O2/c1-18-5-4-16-7-10-8-17-19-13(10)9-2-3-12(15)11(14)6-9/h2-3,6,8,16H,4-5,7H2,1H3. The molecule has 0 aliphatic rings. The number of rotatable bonds is 6. The second-order valence-corrected chi connectivity index (χ2v) is 4.83. The van der Waals surface area contributed by atoms with E-state index in [4.69, 9.17) is 9.26 Å². The molecule has 19 heavy (non-hydrogen) atoms. The van der Waals surface area contributed by atoms with E-state index in [-0.39, 0.29) is 5.82 Å². The maximum Gasteiger partial charge on any atom is 0.171 e. The lowest BCUT2D eigenvalue weighted by atomic mass is 10.1. The summed E-state index contributed by atoms with van der Waals surface area (Å²) in [6.45, 7) is 2.01. The first-order valence-electron chi connectivity index (χ1n) is 5.81. The van der Waals surface area contributed by atoms with E-state index in [1.807, 2.05) is 0 Å². The number of nitrogens with zero attached hydrogens (tertiary/aromatic N) is 1. The van der Waals surface area contributed by atoms with Gasteiger partial charge in [-0.25, -0.2) is 4.39 Å². The predicted molar refractivity (Wildman–Crippen MR) is 73.2 cm³/mol. The molecule has 2 rings (SSSR count). The van der Waals surface area contributed by atoms with E-state index < -0.39 is 0 Å². The second-order valence-electron chi connectivity index (χ2n) is 3.98. The SMILES string of the molecule is COCCNCc1cnoc1-c1ccc(F)c(Br)c1. The van der Waals surface area contributed by atoms with Crippen LogP contribution in [0.2, 0.25) is 0 Å². The molecule has 0 atom stereocenters. The van der Waals surface area contributed by atoms with Crippen molar-refractivity contribution < 1.29 is 13.7 Å². The van der Waals surface area contributed by atoms with Crippen LogP contribution in [0.25, 0.3) is 11.3 Å². The Bertz CT molecular complexity index is 545. The zero-order valence-electron chi connectivity index (χ0n) is 10.5. The van der Waals surface area contributed by atoms with Crippen molar-refractivity contribution in [2.45, 2.75) is 6.54 Å². The Kier molecular flexibility index (Phi) is 5.07. The van der Waals surface area contributed by atoms with Crippen molar-refractivity contribution in [3.63, 3.8) is 0 Å². The van der Waals surface area contributed by atoms with Gasteiger partial charge in [-0.2, -0.15) is 0 Å². The van der Waals surface area contributed by atoms with Gasteiger partial charge in [-0.3, -0.25) is 0 Å². The van der Waals surface area contributed by atoms with Gasteiger partial charge in [-0.05, 0) is 34.1 Å². The molecule has 0 amide bonds. The lowest BCUT2D eigenvalue weighted by molar-refractivity contribution is 0.199. The van der Waals surface area contributed by atoms with Gasteiger partial charge < -0.3 is 14.6 Å². The van der Waals surface area contributed by atoms with Crippen molar-refractivity contribution in [2.24, 2.45) is 0 Å². The quantitative estimate of drug-likeness (QED) is 0.828. The highest BCUT2D eigenvalue weighted by Gasteiger charge is 2.12. The zero-order valence-corrected chi connectivity index (χ0v) is 12.0. The molecule has 2 aromatic rings. The number of ether oxygens (including phenoxy) is 1. The lowest BCUT2D eigenvalue weighted by Gasteiger charge is -2.04. The van der Waals surface area contributed by atoms with Crippen molar-refractivity contribution in [3.05, 3.63) is 40.2 Å². The van der Waals surface area contributed by atoms with E-state index >= 15 is 0 Å². The van der Waals surface area contributed by atoms with Crippen molar-refractivity contribution in [1.82, 2.24) is 10.5 Å². The van der Waals surface area contributed by atoms with Crippen LogP contribution >= 0.6 is 15.9 Å². The lowest BCUT2D eigenvalue weighted by Crippen LogP contribution is -2.18. The van der Waals surface area contributed by atoms with Gasteiger partial charge in [0.05, 0.1) is 17.3 Å². The molecule has 0 saturated carbocycles.